The molecule has 0 aliphatic rings. The predicted molar refractivity (Wildman–Crippen MR) is 55.0 cm³/mol. The summed E-state index contributed by atoms with van der Waals surface area (Å²) in [4.78, 5) is 0. The van der Waals surface area contributed by atoms with Crippen LogP contribution < -0.4 is 5.32 Å². The highest BCUT2D eigenvalue weighted by atomic mass is 16.5. The van der Waals surface area contributed by atoms with Crippen LogP contribution in [0.2, 0.25) is 0 Å². The van der Waals surface area contributed by atoms with E-state index in [0.29, 0.717) is 12.0 Å². The number of likely N-dealkylation sites (N-methyl/N-ethyl adjacent to an activating group) is 1. The van der Waals surface area contributed by atoms with Crippen LogP contribution in [0.3, 0.4) is 0 Å². The summed E-state index contributed by atoms with van der Waals surface area (Å²) < 4.78 is 10.4. The Kier molecular flexibility index (Phi) is 8.40. The molecule has 0 aromatic heterocycles. The lowest BCUT2D eigenvalue weighted by Gasteiger charge is -2.19. The van der Waals surface area contributed by atoms with E-state index in [-0.39, 0.29) is 0 Å². The minimum absolute atomic E-state index is 0.461. The van der Waals surface area contributed by atoms with Gasteiger partial charge in [-0.05, 0) is 19.4 Å². The molecule has 0 rings (SSSR count). The molecule has 0 aliphatic carbocycles. The number of rotatable bonds is 8. The summed E-state index contributed by atoms with van der Waals surface area (Å²) in [7, 11) is 3.69. The third-order valence-corrected chi connectivity index (χ3v) is 2.11. The molecule has 0 saturated heterocycles. The fourth-order valence-electron chi connectivity index (χ4n) is 1.12. The Hall–Kier alpha value is -0.120. The molecule has 3 heteroatoms. The van der Waals surface area contributed by atoms with Crippen LogP contribution in [0.15, 0.2) is 0 Å². The SMILES string of the molecule is CNC(COCCCOC)C(C)C. The van der Waals surface area contributed by atoms with Crippen LogP contribution in [0.4, 0.5) is 0 Å². The molecular weight excluding hydrogens is 166 g/mol. The molecule has 1 unspecified atom stereocenters. The summed E-state index contributed by atoms with van der Waals surface area (Å²) in [6.45, 7) is 6.75. The molecule has 0 heterocycles. The smallest absolute Gasteiger partial charge is 0.0622 e. The first kappa shape index (κ1) is 12.9. The fraction of sp³-hybridized carbons (Fsp3) is 1.00. The Bertz CT molecular complexity index is 107. The molecule has 0 aromatic rings. The van der Waals surface area contributed by atoms with Gasteiger partial charge in [0, 0.05) is 26.4 Å². The van der Waals surface area contributed by atoms with Gasteiger partial charge in [-0.25, -0.2) is 0 Å². The zero-order chi connectivity index (χ0) is 10.1. The molecular formula is C10H23NO2. The van der Waals surface area contributed by atoms with Crippen LogP contribution in [-0.4, -0.2) is 40.0 Å². The first-order valence-corrected chi connectivity index (χ1v) is 4.96. The maximum Gasteiger partial charge on any atom is 0.0622 e. The van der Waals surface area contributed by atoms with Gasteiger partial charge in [0.1, 0.15) is 0 Å². The Morgan fingerprint density at radius 1 is 1.23 bits per heavy atom. The second-order valence-corrected chi connectivity index (χ2v) is 3.56. The van der Waals surface area contributed by atoms with Gasteiger partial charge in [-0.3, -0.25) is 0 Å². The van der Waals surface area contributed by atoms with Gasteiger partial charge in [-0.15, -0.1) is 0 Å². The zero-order valence-corrected chi connectivity index (χ0v) is 9.30. The second kappa shape index (κ2) is 8.48. The fourth-order valence-corrected chi connectivity index (χ4v) is 1.12. The highest BCUT2D eigenvalue weighted by Crippen LogP contribution is 2.01. The predicted octanol–water partition coefficient (Wildman–Crippen LogP) is 1.28. The van der Waals surface area contributed by atoms with E-state index in [4.69, 9.17) is 9.47 Å². The van der Waals surface area contributed by atoms with Gasteiger partial charge in [0.05, 0.1) is 6.61 Å². The molecule has 1 atom stereocenters. The summed E-state index contributed by atoms with van der Waals surface area (Å²) in [5, 5.41) is 3.24. The van der Waals surface area contributed by atoms with Gasteiger partial charge in [0.15, 0.2) is 0 Å². The lowest BCUT2D eigenvalue weighted by atomic mass is 10.1. The first-order valence-electron chi connectivity index (χ1n) is 4.96. The molecule has 0 bridgehead atoms. The molecule has 13 heavy (non-hydrogen) atoms. The summed E-state index contributed by atoms with van der Waals surface area (Å²) in [5.41, 5.74) is 0. The maximum absolute atomic E-state index is 5.51. The van der Waals surface area contributed by atoms with E-state index in [0.717, 1.165) is 26.2 Å². The lowest BCUT2D eigenvalue weighted by Crippen LogP contribution is -2.35. The quantitative estimate of drug-likeness (QED) is 0.584. The standard InChI is InChI=1S/C10H23NO2/c1-9(2)10(11-3)8-13-7-5-6-12-4/h9-11H,5-8H2,1-4H3. The van der Waals surface area contributed by atoms with Crippen molar-refractivity contribution in [1.29, 1.82) is 0 Å². The van der Waals surface area contributed by atoms with Crippen LogP contribution in [0.5, 0.6) is 0 Å². The van der Waals surface area contributed by atoms with Crippen LogP contribution in [0.1, 0.15) is 20.3 Å². The molecule has 0 aromatic carbocycles. The summed E-state index contributed by atoms with van der Waals surface area (Å²) in [6.07, 6.45) is 0.977. The molecule has 3 nitrogen and oxygen atoms in total. The van der Waals surface area contributed by atoms with Crippen molar-refractivity contribution in [2.45, 2.75) is 26.3 Å². The topological polar surface area (TPSA) is 30.5 Å². The van der Waals surface area contributed by atoms with Gasteiger partial charge >= 0.3 is 0 Å². The highest BCUT2D eigenvalue weighted by molar-refractivity contribution is 4.66. The van der Waals surface area contributed by atoms with E-state index < -0.39 is 0 Å². The summed E-state index contributed by atoms with van der Waals surface area (Å²) in [5.74, 6) is 0.618. The van der Waals surface area contributed by atoms with Crippen molar-refractivity contribution in [2.24, 2.45) is 5.92 Å². The third kappa shape index (κ3) is 6.99. The van der Waals surface area contributed by atoms with E-state index in [9.17, 15) is 0 Å². The van der Waals surface area contributed by atoms with Crippen molar-refractivity contribution < 1.29 is 9.47 Å². The van der Waals surface area contributed by atoms with E-state index in [2.05, 4.69) is 19.2 Å². The van der Waals surface area contributed by atoms with Gasteiger partial charge in [0.25, 0.3) is 0 Å². The van der Waals surface area contributed by atoms with Gasteiger partial charge in [0.2, 0.25) is 0 Å². The van der Waals surface area contributed by atoms with Crippen LogP contribution in [-0.2, 0) is 9.47 Å². The Labute approximate surface area is 81.8 Å². The second-order valence-electron chi connectivity index (χ2n) is 3.56. The molecule has 0 amide bonds. The van der Waals surface area contributed by atoms with Crippen LogP contribution in [0.25, 0.3) is 0 Å². The summed E-state index contributed by atoms with van der Waals surface area (Å²) >= 11 is 0. The van der Waals surface area contributed by atoms with Crippen molar-refractivity contribution in [3.05, 3.63) is 0 Å². The van der Waals surface area contributed by atoms with E-state index in [1.165, 1.54) is 0 Å². The molecule has 80 valence electrons. The Morgan fingerprint density at radius 2 is 1.92 bits per heavy atom. The average molecular weight is 189 g/mol. The monoisotopic (exact) mass is 189 g/mol. The van der Waals surface area contributed by atoms with E-state index in [1.54, 1.807) is 7.11 Å². The number of ether oxygens (including phenoxy) is 2. The Balaban J connectivity index is 3.28. The lowest BCUT2D eigenvalue weighted by molar-refractivity contribution is 0.0801. The molecule has 0 spiro atoms. The third-order valence-electron chi connectivity index (χ3n) is 2.11. The minimum atomic E-state index is 0.461. The first-order chi connectivity index (χ1) is 6.22. The number of nitrogens with one attached hydrogen (secondary N) is 1. The van der Waals surface area contributed by atoms with Gasteiger partial charge in [-0.1, -0.05) is 13.8 Å². The highest BCUT2D eigenvalue weighted by Gasteiger charge is 2.09. The summed E-state index contributed by atoms with van der Waals surface area (Å²) in [6, 6.07) is 0.461. The molecule has 0 saturated carbocycles. The van der Waals surface area contributed by atoms with Crippen molar-refractivity contribution in [3.63, 3.8) is 0 Å². The maximum atomic E-state index is 5.51. The van der Waals surface area contributed by atoms with E-state index in [1.807, 2.05) is 7.05 Å². The largest absolute Gasteiger partial charge is 0.385 e. The molecule has 0 fully saturated rings. The Morgan fingerprint density at radius 3 is 2.38 bits per heavy atom. The van der Waals surface area contributed by atoms with Crippen molar-refractivity contribution in [3.8, 4) is 0 Å². The number of hydrogen-bond acceptors (Lipinski definition) is 3. The normalized spacial score (nSPS) is 13.6. The van der Waals surface area contributed by atoms with Gasteiger partial charge < -0.3 is 14.8 Å². The number of methoxy groups -OCH3 is 1. The van der Waals surface area contributed by atoms with Crippen molar-refractivity contribution >= 4 is 0 Å². The van der Waals surface area contributed by atoms with Crippen molar-refractivity contribution in [2.75, 3.05) is 34.0 Å². The van der Waals surface area contributed by atoms with Crippen molar-refractivity contribution in [1.82, 2.24) is 5.32 Å². The zero-order valence-electron chi connectivity index (χ0n) is 9.30. The minimum Gasteiger partial charge on any atom is -0.385 e. The van der Waals surface area contributed by atoms with Crippen LogP contribution in [0, 0.1) is 5.92 Å². The number of hydrogen-bond donors (Lipinski definition) is 1. The van der Waals surface area contributed by atoms with Gasteiger partial charge in [-0.2, -0.15) is 0 Å². The molecule has 1 N–H and O–H groups in total. The van der Waals surface area contributed by atoms with Crippen LogP contribution >= 0.6 is 0 Å². The van der Waals surface area contributed by atoms with E-state index >= 15 is 0 Å². The molecule has 0 aliphatic heterocycles. The average Bonchev–Trinajstić information content (AvgIpc) is 2.10. The molecule has 0 radical (unpaired) electrons.